The number of carbonyl (C=O) groups is 1. The van der Waals surface area contributed by atoms with Gasteiger partial charge in [-0.25, -0.2) is 0 Å². The highest BCUT2D eigenvalue weighted by Gasteiger charge is 2.17. The number of benzene rings is 2. The van der Waals surface area contributed by atoms with E-state index in [1.165, 1.54) is 11.8 Å². The minimum atomic E-state index is -0.144. The topological polar surface area (TPSA) is 38.3 Å². The number of rotatable bonds is 8. The first kappa shape index (κ1) is 20.0. The number of hydrogen-bond donors (Lipinski definition) is 1. The van der Waals surface area contributed by atoms with E-state index in [-0.39, 0.29) is 11.2 Å². The van der Waals surface area contributed by atoms with Crippen LogP contribution in [0.4, 0.5) is 0 Å². The summed E-state index contributed by atoms with van der Waals surface area (Å²) in [6.45, 7) is 4.78. The van der Waals surface area contributed by atoms with E-state index in [0.29, 0.717) is 28.9 Å². The van der Waals surface area contributed by atoms with Crippen molar-refractivity contribution in [3.63, 3.8) is 0 Å². The Morgan fingerprint density at radius 1 is 1.20 bits per heavy atom. The third kappa shape index (κ3) is 6.46. The summed E-state index contributed by atoms with van der Waals surface area (Å²) in [7, 11) is 0. The van der Waals surface area contributed by atoms with Crippen molar-refractivity contribution in [2.45, 2.75) is 30.4 Å². The van der Waals surface area contributed by atoms with E-state index in [2.05, 4.69) is 5.32 Å². The molecular formula is C19H21Cl2NO2S. The Labute approximate surface area is 163 Å². The largest absolute Gasteiger partial charge is 0.492 e. The van der Waals surface area contributed by atoms with Crippen LogP contribution in [0, 0.1) is 6.92 Å². The van der Waals surface area contributed by atoms with E-state index in [9.17, 15) is 4.79 Å². The summed E-state index contributed by atoms with van der Waals surface area (Å²) in [6, 6.07) is 13.1. The Kier molecular flexibility index (Phi) is 7.94. The zero-order valence-corrected chi connectivity index (χ0v) is 16.5. The van der Waals surface area contributed by atoms with Gasteiger partial charge in [0.2, 0.25) is 5.91 Å². The predicted molar refractivity (Wildman–Crippen MR) is 106 cm³/mol. The quantitative estimate of drug-likeness (QED) is 0.480. The highest BCUT2D eigenvalue weighted by molar-refractivity contribution is 8.00. The second-order valence-electron chi connectivity index (χ2n) is 5.52. The molecule has 1 amide bonds. The molecule has 2 aromatic carbocycles. The van der Waals surface area contributed by atoms with E-state index in [4.69, 9.17) is 27.9 Å². The molecule has 3 nitrogen and oxygen atoms in total. The molecule has 1 N–H and O–H groups in total. The van der Waals surface area contributed by atoms with Crippen LogP contribution in [0.2, 0.25) is 10.0 Å². The van der Waals surface area contributed by atoms with Crippen LogP contribution in [-0.2, 0) is 4.79 Å². The van der Waals surface area contributed by atoms with Crippen molar-refractivity contribution in [3.05, 3.63) is 58.1 Å². The molecule has 0 spiro atoms. The minimum Gasteiger partial charge on any atom is -0.492 e. The molecule has 0 heterocycles. The fourth-order valence-electron chi connectivity index (χ4n) is 2.12. The van der Waals surface area contributed by atoms with Crippen molar-refractivity contribution in [1.29, 1.82) is 0 Å². The van der Waals surface area contributed by atoms with Crippen LogP contribution >= 0.6 is 35.0 Å². The second kappa shape index (κ2) is 9.95. The van der Waals surface area contributed by atoms with E-state index < -0.39 is 0 Å². The number of aryl methyl sites for hydroxylation is 1. The number of thioether (sulfide) groups is 1. The van der Waals surface area contributed by atoms with Crippen LogP contribution in [0.5, 0.6) is 5.75 Å². The van der Waals surface area contributed by atoms with Crippen LogP contribution in [0.3, 0.4) is 0 Å². The summed E-state index contributed by atoms with van der Waals surface area (Å²) in [5, 5.41) is 4.14. The Balaban J connectivity index is 1.77. The van der Waals surface area contributed by atoms with Gasteiger partial charge in [-0.15, -0.1) is 11.8 Å². The van der Waals surface area contributed by atoms with Gasteiger partial charge in [0.1, 0.15) is 12.4 Å². The molecule has 0 radical (unpaired) electrons. The molecule has 2 aromatic rings. The molecule has 0 unspecified atom stereocenters. The summed E-state index contributed by atoms with van der Waals surface area (Å²) >= 11 is 13.5. The van der Waals surface area contributed by atoms with Gasteiger partial charge in [0.25, 0.3) is 0 Å². The number of amides is 1. The smallest absolute Gasteiger partial charge is 0.233 e. The first-order valence-electron chi connectivity index (χ1n) is 8.08. The second-order valence-corrected chi connectivity index (χ2v) is 7.64. The lowest BCUT2D eigenvalue weighted by Gasteiger charge is -2.15. The van der Waals surface area contributed by atoms with Gasteiger partial charge in [-0.3, -0.25) is 4.79 Å². The third-order valence-corrected chi connectivity index (χ3v) is 5.60. The van der Waals surface area contributed by atoms with Crippen molar-refractivity contribution in [2.75, 3.05) is 13.2 Å². The van der Waals surface area contributed by atoms with Gasteiger partial charge in [0, 0.05) is 14.9 Å². The molecule has 134 valence electrons. The normalized spacial score (nSPS) is 11.8. The monoisotopic (exact) mass is 397 g/mol. The standard InChI is InChI=1S/C19H21Cl2NO2S/c1-3-18(25-16-8-5-14(20)6-9-16)19(23)22-10-11-24-15-7-4-13(2)17(21)12-15/h4-9,12,18H,3,10-11H2,1-2H3,(H,22,23)/t18-/m0/s1. The molecule has 0 saturated heterocycles. The number of hydrogen-bond acceptors (Lipinski definition) is 3. The van der Waals surface area contributed by atoms with Crippen molar-refractivity contribution in [2.24, 2.45) is 0 Å². The van der Waals surface area contributed by atoms with Crippen molar-refractivity contribution >= 4 is 40.9 Å². The molecule has 0 aromatic heterocycles. The Morgan fingerprint density at radius 2 is 1.92 bits per heavy atom. The summed E-state index contributed by atoms with van der Waals surface area (Å²) in [5.41, 5.74) is 1.01. The Bertz CT molecular complexity index is 707. The van der Waals surface area contributed by atoms with E-state index in [1.54, 1.807) is 6.07 Å². The summed E-state index contributed by atoms with van der Waals surface area (Å²) in [6.07, 6.45) is 0.744. The van der Waals surface area contributed by atoms with E-state index in [1.807, 2.05) is 50.2 Å². The Hall–Kier alpha value is -1.36. The molecule has 1 atom stereocenters. The summed E-state index contributed by atoms with van der Waals surface area (Å²) in [4.78, 5) is 13.3. The van der Waals surface area contributed by atoms with Gasteiger partial charge < -0.3 is 10.1 Å². The molecule has 0 bridgehead atoms. The highest BCUT2D eigenvalue weighted by Crippen LogP contribution is 2.26. The number of halogens is 2. The zero-order valence-electron chi connectivity index (χ0n) is 14.2. The molecule has 0 aliphatic heterocycles. The molecule has 2 rings (SSSR count). The van der Waals surface area contributed by atoms with Gasteiger partial charge in [0.15, 0.2) is 0 Å². The maximum absolute atomic E-state index is 12.3. The lowest BCUT2D eigenvalue weighted by molar-refractivity contribution is -0.120. The first-order chi connectivity index (χ1) is 12.0. The van der Waals surface area contributed by atoms with Crippen molar-refractivity contribution in [3.8, 4) is 5.75 Å². The maximum atomic E-state index is 12.3. The molecule has 25 heavy (non-hydrogen) atoms. The fraction of sp³-hybridized carbons (Fsp3) is 0.316. The lowest BCUT2D eigenvalue weighted by Crippen LogP contribution is -2.35. The fourth-order valence-corrected chi connectivity index (χ4v) is 3.40. The molecule has 0 aliphatic rings. The highest BCUT2D eigenvalue weighted by atomic mass is 35.5. The number of carbonyl (C=O) groups excluding carboxylic acids is 1. The van der Waals surface area contributed by atoms with Crippen LogP contribution in [0.1, 0.15) is 18.9 Å². The third-order valence-electron chi connectivity index (χ3n) is 3.57. The summed E-state index contributed by atoms with van der Waals surface area (Å²) in [5.74, 6) is 0.709. The van der Waals surface area contributed by atoms with Crippen LogP contribution in [0.15, 0.2) is 47.4 Å². The van der Waals surface area contributed by atoms with Gasteiger partial charge >= 0.3 is 0 Å². The molecular weight excluding hydrogens is 377 g/mol. The number of ether oxygens (including phenoxy) is 1. The first-order valence-corrected chi connectivity index (χ1v) is 9.72. The van der Waals surface area contributed by atoms with Gasteiger partial charge in [-0.2, -0.15) is 0 Å². The van der Waals surface area contributed by atoms with Gasteiger partial charge in [-0.05, 0) is 55.3 Å². The van der Waals surface area contributed by atoms with E-state index >= 15 is 0 Å². The van der Waals surface area contributed by atoms with Gasteiger partial charge in [0.05, 0.1) is 11.8 Å². The lowest BCUT2D eigenvalue weighted by atomic mass is 10.2. The average Bonchev–Trinajstić information content (AvgIpc) is 2.61. The molecule has 0 aliphatic carbocycles. The maximum Gasteiger partial charge on any atom is 0.233 e. The predicted octanol–water partition coefficient (Wildman–Crippen LogP) is 5.37. The minimum absolute atomic E-state index is 0.00740. The number of nitrogens with one attached hydrogen (secondary N) is 1. The molecule has 6 heteroatoms. The zero-order chi connectivity index (χ0) is 18.2. The van der Waals surface area contributed by atoms with E-state index in [0.717, 1.165) is 16.9 Å². The Morgan fingerprint density at radius 3 is 2.56 bits per heavy atom. The molecule has 0 saturated carbocycles. The SMILES string of the molecule is CC[C@H](Sc1ccc(Cl)cc1)C(=O)NCCOc1ccc(C)c(Cl)c1. The molecule has 0 fully saturated rings. The van der Waals surface area contributed by atoms with Crippen LogP contribution in [-0.4, -0.2) is 24.3 Å². The van der Waals surface area contributed by atoms with Crippen molar-refractivity contribution < 1.29 is 9.53 Å². The van der Waals surface area contributed by atoms with Crippen molar-refractivity contribution in [1.82, 2.24) is 5.32 Å². The van der Waals surface area contributed by atoms with Crippen LogP contribution in [0.25, 0.3) is 0 Å². The summed E-state index contributed by atoms with van der Waals surface area (Å²) < 4.78 is 5.62. The van der Waals surface area contributed by atoms with Gasteiger partial charge in [-0.1, -0.05) is 36.2 Å². The average molecular weight is 398 g/mol. The van der Waals surface area contributed by atoms with Crippen LogP contribution < -0.4 is 10.1 Å².